The van der Waals surface area contributed by atoms with Crippen LogP contribution < -0.4 is 0 Å². The zero-order valence-electron chi connectivity index (χ0n) is 16.1. The minimum atomic E-state index is 0.188. The summed E-state index contributed by atoms with van der Waals surface area (Å²) in [7, 11) is 0. The Bertz CT molecular complexity index is 874. The molecule has 0 N–H and O–H groups in total. The summed E-state index contributed by atoms with van der Waals surface area (Å²) in [6, 6.07) is 14.9. The molecule has 1 aliphatic rings. The van der Waals surface area contributed by atoms with Crippen LogP contribution in [-0.2, 0) is 4.84 Å². The Balaban J connectivity index is 2.00. The Hall–Kier alpha value is -2.26. The van der Waals surface area contributed by atoms with Crippen molar-refractivity contribution < 1.29 is 4.84 Å². The van der Waals surface area contributed by atoms with E-state index in [2.05, 4.69) is 91.2 Å². The zero-order valence-corrected chi connectivity index (χ0v) is 16.9. The Morgan fingerprint density at radius 2 is 2.04 bits per heavy atom. The minimum absolute atomic E-state index is 0.188. The van der Waals surface area contributed by atoms with Crippen LogP contribution >= 0.6 is 11.8 Å². The van der Waals surface area contributed by atoms with Crippen LogP contribution in [0, 0.1) is 5.92 Å². The molecule has 1 unspecified atom stereocenters. The summed E-state index contributed by atoms with van der Waals surface area (Å²) in [6.45, 7) is 2.82. The number of nitrogens with zero attached hydrogens (tertiary/aromatic N) is 1. The molecule has 0 fully saturated rings. The Morgan fingerprint density at radius 3 is 2.89 bits per heavy atom. The van der Waals surface area contributed by atoms with Gasteiger partial charge in [-0.25, -0.2) is 0 Å². The first kappa shape index (κ1) is 19.5. The predicted molar refractivity (Wildman–Crippen MR) is 119 cm³/mol. The van der Waals surface area contributed by atoms with Crippen molar-refractivity contribution >= 4 is 28.2 Å². The third-order valence-electron chi connectivity index (χ3n) is 4.68. The van der Waals surface area contributed by atoms with Crippen molar-refractivity contribution in [3.8, 4) is 0 Å². The van der Waals surface area contributed by atoms with E-state index in [0.717, 1.165) is 30.5 Å². The van der Waals surface area contributed by atoms with Crippen LogP contribution in [0.15, 0.2) is 82.9 Å². The molecule has 0 aromatic heterocycles. The molecule has 3 heteroatoms. The monoisotopic (exact) mass is 377 g/mol. The second-order valence-electron chi connectivity index (χ2n) is 6.59. The van der Waals surface area contributed by atoms with E-state index in [1.165, 1.54) is 15.7 Å². The number of thioether (sulfide) groups is 1. The molecule has 2 aromatic rings. The quantitative estimate of drug-likeness (QED) is 0.303. The summed E-state index contributed by atoms with van der Waals surface area (Å²) in [5.74, 6) is 0.188. The molecule has 3 rings (SSSR count). The molecule has 27 heavy (non-hydrogen) atoms. The SMILES string of the molecule is CCCCO/N=C(\c1cccc2ccccc12)C1/C=C/C=C(SC)\C=C/C1. The standard InChI is InChI=1S/C24H27NOS/c1-3-4-18-26-25-24(20-12-7-14-21(27-2)15-8-13-20)23-17-9-11-19-10-5-6-16-22(19)23/h5-12,14-17,20H,3-4,13,18H2,1-2H3/b12-7+,15-8-,21-14+,25-24-. The van der Waals surface area contributed by atoms with Crippen LogP contribution in [0.3, 0.4) is 0 Å². The van der Waals surface area contributed by atoms with Gasteiger partial charge >= 0.3 is 0 Å². The summed E-state index contributed by atoms with van der Waals surface area (Å²) in [5, 5.41) is 7.07. The Kier molecular flexibility index (Phi) is 7.35. The molecule has 2 nitrogen and oxygen atoms in total. The Labute approximate surface area is 166 Å². The number of allylic oxidation sites excluding steroid dienone is 5. The van der Waals surface area contributed by atoms with E-state index in [-0.39, 0.29) is 5.92 Å². The first-order valence-corrected chi connectivity index (χ1v) is 10.8. The lowest BCUT2D eigenvalue weighted by molar-refractivity contribution is 0.140. The second kappa shape index (κ2) is 10.2. The average Bonchev–Trinajstić information content (AvgIpc) is 2.69. The third-order valence-corrected chi connectivity index (χ3v) is 5.42. The molecule has 0 bridgehead atoms. The van der Waals surface area contributed by atoms with Crippen LogP contribution in [-0.4, -0.2) is 18.6 Å². The number of hydrogen-bond acceptors (Lipinski definition) is 3. The predicted octanol–water partition coefficient (Wildman–Crippen LogP) is 6.74. The van der Waals surface area contributed by atoms with E-state index in [1.807, 2.05) is 0 Å². The molecule has 140 valence electrons. The minimum Gasteiger partial charge on any atom is -0.396 e. The van der Waals surface area contributed by atoms with Crippen LogP contribution in [0.2, 0.25) is 0 Å². The first-order valence-electron chi connectivity index (χ1n) is 9.60. The smallest absolute Gasteiger partial charge is 0.117 e. The lowest BCUT2D eigenvalue weighted by atomic mass is 9.89. The molecule has 0 aliphatic heterocycles. The molecular formula is C24H27NOS. The van der Waals surface area contributed by atoms with Crippen molar-refractivity contribution in [2.24, 2.45) is 11.1 Å². The van der Waals surface area contributed by atoms with Gasteiger partial charge in [-0.3, -0.25) is 0 Å². The Morgan fingerprint density at radius 1 is 1.19 bits per heavy atom. The van der Waals surface area contributed by atoms with Gasteiger partial charge in [0.25, 0.3) is 0 Å². The molecule has 0 amide bonds. The highest BCUT2D eigenvalue weighted by molar-refractivity contribution is 8.02. The fourth-order valence-electron chi connectivity index (χ4n) is 3.18. The molecule has 1 aliphatic carbocycles. The van der Waals surface area contributed by atoms with E-state index in [0.29, 0.717) is 6.61 Å². The van der Waals surface area contributed by atoms with E-state index in [9.17, 15) is 0 Å². The lowest BCUT2D eigenvalue weighted by Gasteiger charge is -2.17. The maximum atomic E-state index is 5.72. The number of fused-ring (bicyclic) bond motifs is 1. The fourth-order valence-corrected chi connectivity index (χ4v) is 3.62. The topological polar surface area (TPSA) is 21.6 Å². The van der Waals surface area contributed by atoms with E-state index >= 15 is 0 Å². The molecule has 2 aromatic carbocycles. The van der Waals surface area contributed by atoms with E-state index in [4.69, 9.17) is 4.84 Å². The lowest BCUT2D eigenvalue weighted by Crippen LogP contribution is -2.15. The molecule has 0 saturated carbocycles. The molecular weight excluding hydrogens is 350 g/mol. The van der Waals surface area contributed by atoms with Gasteiger partial charge < -0.3 is 4.84 Å². The maximum absolute atomic E-state index is 5.72. The first-order chi connectivity index (χ1) is 13.3. The van der Waals surface area contributed by atoms with Gasteiger partial charge in [0.1, 0.15) is 6.61 Å². The van der Waals surface area contributed by atoms with Crippen LogP contribution in [0.1, 0.15) is 31.7 Å². The van der Waals surface area contributed by atoms with Crippen molar-refractivity contribution in [2.75, 3.05) is 12.9 Å². The second-order valence-corrected chi connectivity index (χ2v) is 7.47. The molecule has 0 spiro atoms. The highest BCUT2D eigenvalue weighted by Gasteiger charge is 2.18. The van der Waals surface area contributed by atoms with Gasteiger partial charge in [0.05, 0.1) is 5.71 Å². The van der Waals surface area contributed by atoms with Gasteiger partial charge in [-0.1, -0.05) is 85.3 Å². The maximum Gasteiger partial charge on any atom is 0.117 e. The highest BCUT2D eigenvalue weighted by Crippen LogP contribution is 2.26. The normalized spacial score (nSPS) is 21.8. The highest BCUT2D eigenvalue weighted by atomic mass is 32.2. The summed E-state index contributed by atoms with van der Waals surface area (Å²) in [6.07, 6.45) is 16.1. The summed E-state index contributed by atoms with van der Waals surface area (Å²) in [5.41, 5.74) is 2.16. The summed E-state index contributed by atoms with van der Waals surface area (Å²) in [4.78, 5) is 6.99. The van der Waals surface area contributed by atoms with Gasteiger partial charge in [0.2, 0.25) is 0 Å². The molecule has 1 atom stereocenters. The van der Waals surface area contributed by atoms with Crippen molar-refractivity contribution in [1.29, 1.82) is 0 Å². The van der Waals surface area contributed by atoms with Crippen LogP contribution in [0.4, 0.5) is 0 Å². The van der Waals surface area contributed by atoms with Crippen molar-refractivity contribution in [2.45, 2.75) is 26.2 Å². The molecule has 0 heterocycles. The van der Waals surface area contributed by atoms with Gasteiger partial charge in [-0.15, -0.1) is 11.8 Å². The van der Waals surface area contributed by atoms with E-state index < -0.39 is 0 Å². The summed E-state index contributed by atoms with van der Waals surface area (Å²) >= 11 is 1.76. The van der Waals surface area contributed by atoms with Crippen molar-refractivity contribution in [3.05, 3.63) is 83.3 Å². The van der Waals surface area contributed by atoms with Gasteiger partial charge in [-0.05, 0) is 35.9 Å². The van der Waals surface area contributed by atoms with E-state index in [1.54, 1.807) is 11.8 Å². The number of hydrogen-bond donors (Lipinski definition) is 0. The molecule has 0 radical (unpaired) electrons. The van der Waals surface area contributed by atoms with Gasteiger partial charge in [0.15, 0.2) is 0 Å². The summed E-state index contributed by atoms with van der Waals surface area (Å²) < 4.78 is 0. The number of benzene rings is 2. The van der Waals surface area contributed by atoms with Gasteiger partial charge in [0, 0.05) is 16.4 Å². The van der Waals surface area contributed by atoms with Crippen LogP contribution in [0.25, 0.3) is 10.8 Å². The third kappa shape index (κ3) is 5.14. The average molecular weight is 378 g/mol. The zero-order chi connectivity index (χ0) is 18.9. The molecule has 0 saturated heterocycles. The largest absolute Gasteiger partial charge is 0.396 e. The van der Waals surface area contributed by atoms with Crippen LogP contribution in [0.5, 0.6) is 0 Å². The number of rotatable bonds is 7. The fraction of sp³-hybridized carbons (Fsp3) is 0.292. The number of unbranched alkanes of at least 4 members (excludes halogenated alkanes) is 1. The van der Waals surface area contributed by atoms with Crippen molar-refractivity contribution in [1.82, 2.24) is 0 Å². The van der Waals surface area contributed by atoms with Gasteiger partial charge in [-0.2, -0.15) is 0 Å². The van der Waals surface area contributed by atoms with Crippen molar-refractivity contribution in [3.63, 3.8) is 0 Å². The number of oxime groups is 1.